The highest BCUT2D eigenvalue weighted by atomic mass is 79.9. The van der Waals surface area contributed by atoms with Gasteiger partial charge in [-0.2, -0.15) is 0 Å². The molecule has 2 N–H and O–H groups in total. The molecule has 1 aromatic heterocycles. The third-order valence-electron chi connectivity index (χ3n) is 3.03. The normalized spacial score (nSPS) is 10.8. The van der Waals surface area contributed by atoms with Crippen molar-refractivity contribution in [1.82, 2.24) is 5.16 Å². The van der Waals surface area contributed by atoms with Crippen LogP contribution in [0.15, 0.2) is 51.5 Å². The van der Waals surface area contributed by atoms with Gasteiger partial charge in [-0.15, -0.1) is 0 Å². The van der Waals surface area contributed by atoms with Gasteiger partial charge in [-0.25, -0.2) is 0 Å². The molecule has 0 radical (unpaired) electrons. The van der Waals surface area contributed by atoms with Crippen LogP contribution in [0, 0.1) is 0 Å². The molecule has 3 aromatic rings. The maximum atomic E-state index is 6.26. The minimum Gasteiger partial charge on any atom is -0.380 e. The molecule has 0 saturated carbocycles. The van der Waals surface area contributed by atoms with Gasteiger partial charge in [0.1, 0.15) is 0 Å². The number of nitrogen functional groups attached to an aromatic ring is 1. The third-order valence-corrected chi connectivity index (χ3v) is 4.19. The molecular formula is C15H9BrCl2N2O. The van der Waals surface area contributed by atoms with Gasteiger partial charge in [0.25, 0.3) is 0 Å². The zero-order valence-electron chi connectivity index (χ0n) is 10.6. The predicted molar refractivity (Wildman–Crippen MR) is 89.5 cm³/mol. The van der Waals surface area contributed by atoms with Gasteiger partial charge in [-0.3, -0.25) is 0 Å². The van der Waals surface area contributed by atoms with Crippen molar-refractivity contribution in [2.75, 3.05) is 5.73 Å². The Bertz CT molecular complexity index is 817. The molecule has 3 rings (SSSR count). The van der Waals surface area contributed by atoms with Crippen molar-refractivity contribution < 1.29 is 4.52 Å². The summed E-state index contributed by atoms with van der Waals surface area (Å²) in [6.45, 7) is 0. The van der Waals surface area contributed by atoms with Crippen molar-refractivity contribution in [2.45, 2.75) is 0 Å². The number of hydrogen-bond donors (Lipinski definition) is 1. The van der Waals surface area contributed by atoms with E-state index < -0.39 is 0 Å². The van der Waals surface area contributed by atoms with Gasteiger partial charge < -0.3 is 10.3 Å². The maximum absolute atomic E-state index is 6.26. The Morgan fingerprint density at radius 2 is 1.71 bits per heavy atom. The molecule has 0 aliphatic heterocycles. The zero-order valence-corrected chi connectivity index (χ0v) is 13.7. The van der Waals surface area contributed by atoms with Gasteiger partial charge in [0, 0.05) is 20.6 Å². The molecule has 0 spiro atoms. The average Bonchev–Trinajstić information content (AvgIpc) is 2.84. The molecular weight excluding hydrogens is 375 g/mol. The summed E-state index contributed by atoms with van der Waals surface area (Å²) >= 11 is 15.9. The Morgan fingerprint density at radius 1 is 1.00 bits per heavy atom. The Hall–Kier alpha value is -1.49. The van der Waals surface area contributed by atoms with Crippen LogP contribution < -0.4 is 5.73 Å². The monoisotopic (exact) mass is 382 g/mol. The highest BCUT2D eigenvalue weighted by Crippen LogP contribution is 2.42. The summed E-state index contributed by atoms with van der Waals surface area (Å²) in [4.78, 5) is 0. The Morgan fingerprint density at radius 3 is 2.48 bits per heavy atom. The molecule has 0 aliphatic carbocycles. The smallest absolute Gasteiger partial charge is 0.178 e. The molecule has 0 saturated heterocycles. The first-order valence-corrected chi connectivity index (χ1v) is 7.58. The van der Waals surface area contributed by atoms with Crippen molar-refractivity contribution in [3.63, 3.8) is 0 Å². The van der Waals surface area contributed by atoms with Crippen LogP contribution in [0.25, 0.3) is 22.5 Å². The first kappa shape index (κ1) is 14.4. The van der Waals surface area contributed by atoms with E-state index in [2.05, 4.69) is 21.1 Å². The lowest BCUT2D eigenvalue weighted by Gasteiger charge is -2.06. The van der Waals surface area contributed by atoms with Crippen LogP contribution in [0.2, 0.25) is 10.0 Å². The molecule has 2 aromatic carbocycles. The molecule has 0 fully saturated rings. The van der Waals surface area contributed by atoms with E-state index in [-0.39, 0.29) is 5.82 Å². The number of aromatic nitrogens is 1. The highest BCUT2D eigenvalue weighted by molar-refractivity contribution is 9.10. The van der Waals surface area contributed by atoms with Crippen LogP contribution in [0.1, 0.15) is 0 Å². The van der Waals surface area contributed by atoms with Crippen LogP contribution >= 0.6 is 39.1 Å². The van der Waals surface area contributed by atoms with Gasteiger partial charge in [0.15, 0.2) is 11.6 Å². The molecule has 0 aliphatic rings. The largest absolute Gasteiger partial charge is 0.380 e. The van der Waals surface area contributed by atoms with Crippen LogP contribution in [0.4, 0.5) is 5.82 Å². The summed E-state index contributed by atoms with van der Waals surface area (Å²) in [6, 6.07) is 12.8. The lowest BCUT2D eigenvalue weighted by Crippen LogP contribution is -1.90. The molecule has 0 atom stereocenters. The van der Waals surface area contributed by atoms with E-state index in [1.807, 2.05) is 30.3 Å². The molecule has 1 heterocycles. The predicted octanol–water partition coefficient (Wildman–Crippen LogP) is 5.66. The summed E-state index contributed by atoms with van der Waals surface area (Å²) < 4.78 is 6.26. The van der Waals surface area contributed by atoms with Crippen LogP contribution in [0.5, 0.6) is 0 Å². The van der Waals surface area contributed by atoms with Crippen molar-refractivity contribution in [3.8, 4) is 22.5 Å². The fourth-order valence-corrected chi connectivity index (χ4v) is 2.88. The molecule has 106 valence electrons. The Labute approximate surface area is 139 Å². The van der Waals surface area contributed by atoms with E-state index in [0.717, 1.165) is 10.0 Å². The Balaban J connectivity index is 2.27. The van der Waals surface area contributed by atoms with Gasteiger partial charge in [-0.1, -0.05) is 62.5 Å². The summed E-state index contributed by atoms with van der Waals surface area (Å²) in [5.41, 5.74) is 8.04. The highest BCUT2D eigenvalue weighted by Gasteiger charge is 2.21. The van der Waals surface area contributed by atoms with Crippen LogP contribution in [-0.2, 0) is 0 Å². The summed E-state index contributed by atoms with van der Waals surface area (Å²) in [7, 11) is 0. The molecule has 6 heteroatoms. The summed E-state index contributed by atoms with van der Waals surface area (Å²) in [5, 5.41) is 4.96. The number of rotatable bonds is 2. The minimum atomic E-state index is 0.272. The van der Waals surface area contributed by atoms with E-state index in [0.29, 0.717) is 26.9 Å². The number of anilines is 1. The second kappa shape index (κ2) is 5.72. The lowest BCUT2D eigenvalue weighted by molar-refractivity contribution is 0.436. The van der Waals surface area contributed by atoms with Crippen LogP contribution in [0.3, 0.4) is 0 Å². The van der Waals surface area contributed by atoms with Crippen molar-refractivity contribution in [3.05, 3.63) is 57.0 Å². The minimum absolute atomic E-state index is 0.272. The molecule has 0 amide bonds. The second-order valence-corrected chi connectivity index (χ2v) is 6.11. The van der Waals surface area contributed by atoms with Crippen LogP contribution in [-0.4, -0.2) is 5.16 Å². The van der Waals surface area contributed by atoms with E-state index in [1.165, 1.54) is 0 Å². The van der Waals surface area contributed by atoms with E-state index in [9.17, 15) is 0 Å². The zero-order chi connectivity index (χ0) is 15.0. The standard InChI is InChI=1S/C15H9BrCl2N2O/c16-8-5-6-12(18)10(7-8)14-13(15(19)20-21-14)9-3-1-2-4-11(9)17/h1-7H,(H2,19,20). The van der Waals surface area contributed by atoms with E-state index in [1.54, 1.807) is 12.1 Å². The fourth-order valence-electron chi connectivity index (χ4n) is 2.08. The van der Waals surface area contributed by atoms with Crippen molar-refractivity contribution in [1.29, 1.82) is 0 Å². The van der Waals surface area contributed by atoms with Crippen molar-refractivity contribution >= 4 is 44.9 Å². The first-order chi connectivity index (χ1) is 10.1. The number of benzene rings is 2. The van der Waals surface area contributed by atoms with Crippen molar-refractivity contribution in [2.24, 2.45) is 0 Å². The second-order valence-electron chi connectivity index (χ2n) is 4.38. The summed E-state index contributed by atoms with van der Waals surface area (Å²) in [5.74, 6) is 0.765. The quantitative estimate of drug-likeness (QED) is 0.621. The summed E-state index contributed by atoms with van der Waals surface area (Å²) in [6.07, 6.45) is 0. The number of hydrogen-bond acceptors (Lipinski definition) is 3. The maximum Gasteiger partial charge on any atom is 0.178 e. The van der Waals surface area contributed by atoms with E-state index in [4.69, 9.17) is 33.5 Å². The SMILES string of the molecule is Nc1noc(-c2cc(Br)ccc2Cl)c1-c1ccccc1Cl. The lowest BCUT2D eigenvalue weighted by atomic mass is 10.0. The first-order valence-electron chi connectivity index (χ1n) is 6.03. The van der Waals surface area contributed by atoms with E-state index >= 15 is 0 Å². The van der Waals surface area contributed by atoms with Gasteiger partial charge in [0.05, 0.1) is 10.6 Å². The van der Waals surface area contributed by atoms with Gasteiger partial charge in [0.2, 0.25) is 0 Å². The molecule has 0 unspecified atom stereocenters. The third kappa shape index (κ3) is 2.67. The van der Waals surface area contributed by atoms with Gasteiger partial charge in [-0.05, 0) is 24.3 Å². The topological polar surface area (TPSA) is 52.0 Å². The average molecular weight is 384 g/mol. The van der Waals surface area contributed by atoms with Gasteiger partial charge >= 0.3 is 0 Å². The number of halogens is 3. The fraction of sp³-hybridized carbons (Fsp3) is 0. The molecule has 21 heavy (non-hydrogen) atoms. The molecule has 0 bridgehead atoms. The number of nitrogens with zero attached hydrogens (tertiary/aromatic N) is 1. The number of nitrogens with two attached hydrogens (primary N) is 1. The molecule has 3 nitrogen and oxygen atoms in total. The Kier molecular flexibility index (Phi) is 3.93.